The molecule has 1 N–H and O–H groups in total. The van der Waals surface area contributed by atoms with Crippen molar-refractivity contribution >= 4 is 33.2 Å². The number of nitrogens with one attached hydrogen (secondary N) is 1. The molecule has 0 bridgehead atoms. The van der Waals surface area contributed by atoms with Gasteiger partial charge in [0.1, 0.15) is 5.15 Å². The van der Waals surface area contributed by atoms with E-state index in [0.29, 0.717) is 11.7 Å². The molecule has 5 heteroatoms. The van der Waals surface area contributed by atoms with Gasteiger partial charge in [0.05, 0.1) is 11.9 Å². The zero-order chi connectivity index (χ0) is 12.3. The highest BCUT2D eigenvalue weighted by atomic mass is 79.9. The molecule has 0 aromatic carbocycles. The van der Waals surface area contributed by atoms with Crippen molar-refractivity contribution in [1.82, 2.24) is 9.97 Å². The summed E-state index contributed by atoms with van der Waals surface area (Å²) in [4.78, 5) is 8.19. The molecular formula is C12H11BrClN3. The standard InChI is InChI=1S/C12H11BrClN3/c1-8-2-11(7-17-12(8)14)16-5-9-3-10(13)6-15-4-9/h2-4,6-7,16H,5H2,1H3. The number of anilines is 1. The van der Waals surface area contributed by atoms with Crippen molar-refractivity contribution in [2.45, 2.75) is 13.5 Å². The maximum absolute atomic E-state index is 5.86. The third-order valence-corrected chi connectivity index (χ3v) is 3.10. The van der Waals surface area contributed by atoms with Crippen molar-refractivity contribution in [2.75, 3.05) is 5.32 Å². The molecule has 3 nitrogen and oxygen atoms in total. The molecule has 0 saturated carbocycles. The number of aromatic nitrogens is 2. The van der Waals surface area contributed by atoms with Crippen molar-refractivity contribution in [2.24, 2.45) is 0 Å². The zero-order valence-corrected chi connectivity index (χ0v) is 11.6. The summed E-state index contributed by atoms with van der Waals surface area (Å²) in [6.45, 7) is 2.64. The molecule has 2 rings (SSSR count). The number of aryl methyl sites for hydroxylation is 1. The Morgan fingerprint density at radius 1 is 1.29 bits per heavy atom. The van der Waals surface area contributed by atoms with Crippen LogP contribution in [0, 0.1) is 6.92 Å². The summed E-state index contributed by atoms with van der Waals surface area (Å²) in [6, 6.07) is 4.00. The van der Waals surface area contributed by atoms with Crippen LogP contribution >= 0.6 is 27.5 Å². The largest absolute Gasteiger partial charge is 0.380 e. The third kappa shape index (κ3) is 3.41. The molecule has 17 heavy (non-hydrogen) atoms. The topological polar surface area (TPSA) is 37.8 Å². The predicted octanol–water partition coefficient (Wildman–Crippen LogP) is 3.81. The van der Waals surface area contributed by atoms with Gasteiger partial charge in [-0.3, -0.25) is 4.98 Å². The predicted molar refractivity (Wildman–Crippen MR) is 73.2 cm³/mol. The summed E-state index contributed by atoms with van der Waals surface area (Å²) in [7, 11) is 0. The number of halogens is 2. The van der Waals surface area contributed by atoms with Crippen molar-refractivity contribution < 1.29 is 0 Å². The summed E-state index contributed by atoms with van der Waals surface area (Å²) in [5.41, 5.74) is 3.02. The lowest BCUT2D eigenvalue weighted by Crippen LogP contribution is -2.00. The van der Waals surface area contributed by atoms with E-state index >= 15 is 0 Å². The molecule has 2 aromatic rings. The first kappa shape index (κ1) is 12.3. The maximum atomic E-state index is 5.86. The van der Waals surface area contributed by atoms with Crippen LogP contribution < -0.4 is 5.32 Å². The van der Waals surface area contributed by atoms with Gasteiger partial charge in [-0.05, 0) is 46.1 Å². The molecule has 0 atom stereocenters. The van der Waals surface area contributed by atoms with Gasteiger partial charge in [-0.15, -0.1) is 0 Å². The van der Waals surface area contributed by atoms with E-state index in [9.17, 15) is 0 Å². The molecule has 2 aromatic heterocycles. The molecule has 0 aliphatic carbocycles. The average Bonchev–Trinajstić information content (AvgIpc) is 2.31. The lowest BCUT2D eigenvalue weighted by Gasteiger charge is -2.07. The van der Waals surface area contributed by atoms with Gasteiger partial charge in [-0.1, -0.05) is 11.6 Å². The first-order chi connectivity index (χ1) is 8.15. The Labute approximate surface area is 113 Å². The van der Waals surface area contributed by atoms with Crippen LogP contribution in [-0.4, -0.2) is 9.97 Å². The lowest BCUT2D eigenvalue weighted by molar-refractivity contribution is 1.10. The molecule has 0 radical (unpaired) electrons. The van der Waals surface area contributed by atoms with Gasteiger partial charge in [0.15, 0.2) is 0 Å². The quantitative estimate of drug-likeness (QED) is 0.876. The Hall–Kier alpha value is -1.13. The highest BCUT2D eigenvalue weighted by Crippen LogP contribution is 2.17. The molecule has 0 aliphatic rings. The van der Waals surface area contributed by atoms with Gasteiger partial charge in [0, 0.05) is 23.4 Å². The van der Waals surface area contributed by atoms with Crippen molar-refractivity contribution in [1.29, 1.82) is 0 Å². The van der Waals surface area contributed by atoms with Crippen LogP contribution in [0.25, 0.3) is 0 Å². The monoisotopic (exact) mass is 311 g/mol. The minimum Gasteiger partial charge on any atom is -0.380 e. The minimum atomic E-state index is 0.541. The average molecular weight is 313 g/mol. The molecule has 88 valence electrons. The Morgan fingerprint density at radius 3 is 2.82 bits per heavy atom. The second kappa shape index (κ2) is 5.47. The Balaban J connectivity index is 2.05. The second-order valence-electron chi connectivity index (χ2n) is 3.70. The minimum absolute atomic E-state index is 0.541. The number of nitrogens with zero attached hydrogens (tertiary/aromatic N) is 2. The number of pyridine rings is 2. The molecule has 0 saturated heterocycles. The normalized spacial score (nSPS) is 10.3. The van der Waals surface area contributed by atoms with E-state index in [1.54, 1.807) is 12.4 Å². The summed E-state index contributed by atoms with van der Waals surface area (Å²) in [6.07, 6.45) is 5.31. The van der Waals surface area contributed by atoms with Gasteiger partial charge < -0.3 is 5.32 Å². The van der Waals surface area contributed by atoms with Crippen LogP contribution in [0.15, 0.2) is 35.2 Å². The van der Waals surface area contributed by atoms with Gasteiger partial charge >= 0.3 is 0 Å². The number of rotatable bonds is 3. The summed E-state index contributed by atoms with van der Waals surface area (Å²) in [5.74, 6) is 0. The highest BCUT2D eigenvalue weighted by molar-refractivity contribution is 9.10. The zero-order valence-electron chi connectivity index (χ0n) is 9.24. The highest BCUT2D eigenvalue weighted by Gasteiger charge is 1.99. The van der Waals surface area contributed by atoms with Crippen LogP contribution in [0.3, 0.4) is 0 Å². The molecular weight excluding hydrogens is 302 g/mol. The fraction of sp³-hybridized carbons (Fsp3) is 0.167. The molecule has 0 unspecified atom stereocenters. The van der Waals surface area contributed by atoms with E-state index in [1.165, 1.54) is 0 Å². The summed E-state index contributed by atoms with van der Waals surface area (Å²) in [5, 5.41) is 3.82. The molecule has 0 spiro atoms. The van der Waals surface area contributed by atoms with Crippen LogP contribution in [0.5, 0.6) is 0 Å². The van der Waals surface area contributed by atoms with E-state index in [2.05, 4.69) is 31.2 Å². The Bertz CT molecular complexity index is 531. The molecule has 0 amide bonds. The van der Waals surface area contributed by atoms with Gasteiger partial charge in [0.2, 0.25) is 0 Å². The first-order valence-electron chi connectivity index (χ1n) is 5.10. The molecule has 0 fully saturated rings. The Morgan fingerprint density at radius 2 is 2.12 bits per heavy atom. The third-order valence-electron chi connectivity index (χ3n) is 2.27. The number of hydrogen-bond acceptors (Lipinski definition) is 3. The van der Waals surface area contributed by atoms with Gasteiger partial charge in [-0.2, -0.15) is 0 Å². The van der Waals surface area contributed by atoms with Crippen LogP contribution in [0.1, 0.15) is 11.1 Å². The van der Waals surface area contributed by atoms with Crippen molar-refractivity contribution in [3.8, 4) is 0 Å². The van der Waals surface area contributed by atoms with Gasteiger partial charge in [-0.25, -0.2) is 4.98 Å². The molecule has 0 aliphatic heterocycles. The first-order valence-corrected chi connectivity index (χ1v) is 6.27. The Kier molecular flexibility index (Phi) is 3.97. The number of hydrogen-bond donors (Lipinski definition) is 1. The van der Waals surface area contributed by atoms with E-state index < -0.39 is 0 Å². The second-order valence-corrected chi connectivity index (χ2v) is 4.97. The summed E-state index contributed by atoms with van der Waals surface area (Å²) >= 11 is 9.25. The van der Waals surface area contributed by atoms with Crippen LogP contribution in [0.4, 0.5) is 5.69 Å². The fourth-order valence-corrected chi connectivity index (χ4v) is 1.93. The SMILES string of the molecule is Cc1cc(NCc2cncc(Br)c2)cnc1Cl. The summed E-state index contributed by atoms with van der Waals surface area (Å²) < 4.78 is 0.974. The maximum Gasteiger partial charge on any atom is 0.132 e. The van der Waals surface area contributed by atoms with E-state index in [-0.39, 0.29) is 0 Å². The van der Waals surface area contributed by atoms with E-state index in [1.807, 2.05) is 25.3 Å². The van der Waals surface area contributed by atoms with Crippen molar-refractivity contribution in [3.63, 3.8) is 0 Å². The van der Waals surface area contributed by atoms with E-state index in [4.69, 9.17) is 11.6 Å². The van der Waals surface area contributed by atoms with Crippen LogP contribution in [0.2, 0.25) is 5.15 Å². The van der Waals surface area contributed by atoms with E-state index in [0.717, 1.165) is 21.3 Å². The smallest absolute Gasteiger partial charge is 0.132 e. The van der Waals surface area contributed by atoms with Gasteiger partial charge in [0.25, 0.3) is 0 Å². The fourth-order valence-electron chi connectivity index (χ4n) is 1.41. The molecule has 2 heterocycles. The van der Waals surface area contributed by atoms with Crippen LogP contribution in [-0.2, 0) is 6.54 Å². The lowest BCUT2D eigenvalue weighted by atomic mass is 10.2. The van der Waals surface area contributed by atoms with Crippen molar-refractivity contribution in [3.05, 3.63) is 51.5 Å².